The highest BCUT2D eigenvalue weighted by atomic mass is 16.5. The average molecular weight is 362 g/mol. The van der Waals surface area contributed by atoms with Crippen molar-refractivity contribution in [3.63, 3.8) is 0 Å². The molecule has 1 heterocycles. The highest BCUT2D eigenvalue weighted by Crippen LogP contribution is 2.17. The molecule has 2 aromatic carbocycles. The third-order valence-corrected chi connectivity index (χ3v) is 4.03. The first kappa shape index (κ1) is 18.4. The largest absolute Gasteiger partial charge is 0.496 e. The number of carbonyl (C=O) groups is 1. The number of para-hydroxylation sites is 1. The first-order valence-corrected chi connectivity index (χ1v) is 8.64. The molecule has 0 radical (unpaired) electrons. The van der Waals surface area contributed by atoms with Crippen LogP contribution in [0.4, 0.5) is 11.6 Å². The van der Waals surface area contributed by atoms with Crippen LogP contribution in [-0.4, -0.2) is 23.0 Å². The van der Waals surface area contributed by atoms with E-state index in [1.807, 2.05) is 62.4 Å². The third-order valence-electron chi connectivity index (χ3n) is 4.03. The van der Waals surface area contributed by atoms with E-state index in [0.29, 0.717) is 23.9 Å². The molecule has 1 aromatic heterocycles. The standard InChI is InChI=1S/C21H22N4O2/c1-14-8-10-17(11-9-14)24-21-23-15(2)12-18(25-21)20(26)22-13-16-6-4-5-7-19(16)27-3/h4-12H,13H2,1-3H3,(H,22,26)(H,23,24,25). The molecule has 0 saturated heterocycles. The highest BCUT2D eigenvalue weighted by molar-refractivity contribution is 5.92. The molecule has 3 rings (SSSR count). The van der Waals surface area contributed by atoms with Crippen molar-refractivity contribution in [1.29, 1.82) is 0 Å². The fraction of sp³-hybridized carbons (Fsp3) is 0.190. The summed E-state index contributed by atoms with van der Waals surface area (Å²) in [7, 11) is 1.61. The predicted molar refractivity (Wildman–Crippen MR) is 105 cm³/mol. The Hall–Kier alpha value is -3.41. The van der Waals surface area contributed by atoms with Crippen molar-refractivity contribution in [3.05, 3.63) is 77.1 Å². The maximum Gasteiger partial charge on any atom is 0.270 e. The van der Waals surface area contributed by atoms with Crippen LogP contribution in [0.15, 0.2) is 54.6 Å². The molecule has 3 aromatic rings. The molecule has 0 saturated carbocycles. The van der Waals surface area contributed by atoms with Crippen molar-refractivity contribution >= 4 is 17.5 Å². The first-order valence-electron chi connectivity index (χ1n) is 8.64. The molecule has 2 N–H and O–H groups in total. The fourth-order valence-electron chi connectivity index (χ4n) is 2.62. The highest BCUT2D eigenvalue weighted by Gasteiger charge is 2.12. The number of amides is 1. The zero-order chi connectivity index (χ0) is 19.2. The van der Waals surface area contributed by atoms with Gasteiger partial charge in [0.05, 0.1) is 7.11 Å². The Kier molecular flexibility index (Phi) is 5.66. The molecule has 0 aliphatic rings. The number of benzene rings is 2. The van der Waals surface area contributed by atoms with Gasteiger partial charge in [-0.15, -0.1) is 0 Å². The van der Waals surface area contributed by atoms with Gasteiger partial charge < -0.3 is 15.4 Å². The maximum absolute atomic E-state index is 12.5. The van der Waals surface area contributed by atoms with Crippen molar-refractivity contribution in [2.75, 3.05) is 12.4 Å². The van der Waals surface area contributed by atoms with Crippen LogP contribution in [0.1, 0.15) is 27.3 Å². The van der Waals surface area contributed by atoms with Crippen LogP contribution in [0.5, 0.6) is 5.75 Å². The van der Waals surface area contributed by atoms with Gasteiger partial charge in [0.15, 0.2) is 0 Å². The summed E-state index contributed by atoms with van der Waals surface area (Å²) in [5.41, 5.74) is 3.96. The number of hydrogen-bond donors (Lipinski definition) is 2. The minimum absolute atomic E-state index is 0.265. The molecule has 0 bridgehead atoms. The summed E-state index contributed by atoms with van der Waals surface area (Å²) in [6.45, 7) is 4.21. The summed E-state index contributed by atoms with van der Waals surface area (Å²) in [5, 5.41) is 6.02. The van der Waals surface area contributed by atoms with Crippen LogP contribution >= 0.6 is 0 Å². The second kappa shape index (κ2) is 8.31. The zero-order valence-corrected chi connectivity index (χ0v) is 15.6. The molecule has 27 heavy (non-hydrogen) atoms. The minimum atomic E-state index is -0.265. The molecule has 0 aliphatic heterocycles. The lowest BCUT2D eigenvalue weighted by Gasteiger charge is -2.11. The normalized spacial score (nSPS) is 10.3. The number of anilines is 2. The van der Waals surface area contributed by atoms with Gasteiger partial charge in [-0.25, -0.2) is 9.97 Å². The van der Waals surface area contributed by atoms with E-state index in [1.165, 1.54) is 5.56 Å². The molecule has 6 nitrogen and oxygen atoms in total. The molecule has 1 amide bonds. The van der Waals surface area contributed by atoms with Gasteiger partial charge in [-0.05, 0) is 38.1 Å². The van der Waals surface area contributed by atoms with Gasteiger partial charge in [-0.2, -0.15) is 0 Å². The van der Waals surface area contributed by atoms with E-state index >= 15 is 0 Å². The number of rotatable bonds is 6. The molecule has 6 heteroatoms. The zero-order valence-electron chi connectivity index (χ0n) is 15.6. The van der Waals surface area contributed by atoms with Crippen LogP contribution < -0.4 is 15.4 Å². The number of aromatic nitrogens is 2. The Morgan fingerprint density at radius 2 is 1.78 bits per heavy atom. The summed E-state index contributed by atoms with van der Waals surface area (Å²) < 4.78 is 5.31. The van der Waals surface area contributed by atoms with Crippen LogP contribution in [0.25, 0.3) is 0 Å². The number of methoxy groups -OCH3 is 1. The molecule has 0 unspecified atom stereocenters. The quantitative estimate of drug-likeness (QED) is 0.698. The Balaban J connectivity index is 1.73. The van der Waals surface area contributed by atoms with Crippen molar-refractivity contribution in [2.45, 2.75) is 20.4 Å². The monoisotopic (exact) mass is 362 g/mol. The van der Waals surface area contributed by atoms with Gasteiger partial charge in [0.25, 0.3) is 5.91 Å². The number of aryl methyl sites for hydroxylation is 2. The topological polar surface area (TPSA) is 76.1 Å². The SMILES string of the molecule is COc1ccccc1CNC(=O)c1cc(C)nc(Nc2ccc(C)cc2)n1. The second-order valence-corrected chi connectivity index (χ2v) is 6.20. The lowest BCUT2D eigenvalue weighted by molar-refractivity contribution is 0.0945. The van der Waals surface area contributed by atoms with Gasteiger partial charge in [0.2, 0.25) is 5.95 Å². The van der Waals surface area contributed by atoms with Gasteiger partial charge in [0.1, 0.15) is 11.4 Å². The van der Waals surface area contributed by atoms with Crippen molar-refractivity contribution < 1.29 is 9.53 Å². The average Bonchev–Trinajstić information content (AvgIpc) is 2.67. The lowest BCUT2D eigenvalue weighted by Crippen LogP contribution is -2.24. The van der Waals surface area contributed by atoms with E-state index in [-0.39, 0.29) is 5.91 Å². The van der Waals surface area contributed by atoms with Gasteiger partial charge in [-0.1, -0.05) is 35.9 Å². The van der Waals surface area contributed by atoms with Crippen LogP contribution in [-0.2, 0) is 6.54 Å². The second-order valence-electron chi connectivity index (χ2n) is 6.20. The number of nitrogens with one attached hydrogen (secondary N) is 2. The molecule has 0 fully saturated rings. The van der Waals surface area contributed by atoms with Gasteiger partial charge in [-0.3, -0.25) is 4.79 Å². The summed E-state index contributed by atoms with van der Waals surface area (Å²) in [4.78, 5) is 21.2. The van der Waals surface area contributed by atoms with E-state index in [2.05, 4.69) is 20.6 Å². The molecule has 138 valence electrons. The smallest absolute Gasteiger partial charge is 0.270 e. The van der Waals surface area contributed by atoms with Crippen LogP contribution in [0, 0.1) is 13.8 Å². The van der Waals surface area contributed by atoms with E-state index in [9.17, 15) is 4.79 Å². The maximum atomic E-state index is 12.5. The Morgan fingerprint density at radius 1 is 1.04 bits per heavy atom. The van der Waals surface area contributed by atoms with Crippen molar-refractivity contribution in [2.24, 2.45) is 0 Å². The van der Waals surface area contributed by atoms with Crippen molar-refractivity contribution in [1.82, 2.24) is 15.3 Å². The summed E-state index contributed by atoms with van der Waals surface area (Å²) in [5.74, 6) is 0.859. The fourth-order valence-corrected chi connectivity index (χ4v) is 2.62. The van der Waals surface area contributed by atoms with E-state index in [0.717, 1.165) is 17.0 Å². The Morgan fingerprint density at radius 3 is 2.52 bits per heavy atom. The van der Waals surface area contributed by atoms with E-state index < -0.39 is 0 Å². The number of carbonyl (C=O) groups excluding carboxylic acids is 1. The Bertz CT molecular complexity index is 939. The number of hydrogen-bond acceptors (Lipinski definition) is 5. The minimum Gasteiger partial charge on any atom is -0.496 e. The van der Waals surface area contributed by atoms with Crippen molar-refractivity contribution in [3.8, 4) is 5.75 Å². The van der Waals surface area contributed by atoms with Gasteiger partial charge >= 0.3 is 0 Å². The first-order chi connectivity index (χ1) is 13.0. The predicted octanol–water partition coefficient (Wildman–Crippen LogP) is 3.78. The van der Waals surface area contributed by atoms with Gasteiger partial charge in [0, 0.05) is 23.5 Å². The third kappa shape index (κ3) is 4.82. The lowest BCUT2D eigenvalue weighted by atomic mass is 10.2. The molecule has 0 spiro atoms. The molecular formula is C21H22N4O2. The summed E-state index contributed by atoms with van der Waals surface area (Å²) >= 11 is 0. The molecular weight excluding hydrogens is 340 g/mol. The van der Waals surface area contributed by atoms with E-state index in [1.54, 1.807) is 13.2 Å². The summed E-state index contributed by atoms with van der Waals surface area (Å²) in [6.07, 6.45) is 0. The molecule has 0 aliphatic carbocycles. The number of ether oxygens (including phenoxy) is 1. The number of nitrogens with zero attached hydrogens (tertiary/aromatic N) is 2. The van der Waals surface area contributed by atoms with E-state index in [4.69, 9.17) is 4.74 Å². The summed E-state index contributed by atoms with van der Waals surface area (Å²) in [6, 6.07) is 17.1. The Labute approximate surface area is 158 Å². The van der Waals surface area contributed by atoms with Crippen LogP contribution in [0.2, 0.25) is 0 Å². The molecule has 0 atom stereocenters. The van der Waals surface area contributed by atoms with Crippen LogP contribution in [0.3, 0.4) is 0 Å².